The standard InChI is InChI=1S/C21H34O2/c1-13(22)17-6-7-18-16-5-4-14-12-15(23)8-10-20(14,2)19(16)9-11-21(17,18)3/h14-19,23H,4-12H2,1-3H3/t14-,15-,16+,17-,18+,19+,20+,21-/m1/s1/i17D. The molecule has 4 saturated carbocycles. The van der Waals surface area contributed by atoms with Crippen LogP contribution in [0.5, 0.6) is 0 Å². The molecule has 4 aliphatic carbocycles. The summed E-state index contributed by atoms with van der Waals surface area (Å²) in [7, 11) is 0. The van der Waals surface area contributed by atoms with E-state index in [4.69, 9.17) is 1.37 Å². The van der Waals surface area contributed by atoms with E-state index in [2.05, 4.69) is 13.8 Å². The van der Waals surface area contributed by atoms with Crippen LogP contribution in [0.3, 0.4) is 0 Å². The fourth-order valence-electron chi connectivity index (χ4n) is 7.63. The Morgan fingerprint density at radius 2 is 1.70 bits per heavy atom. The van der Waals surface area contributed by atoms with Crippen LogP contribution in [-0.4, -0.2) is 17.0 Å². The molecule has 0 unspecified atom stereocenters. The molecule has 130 valence electrons. The molecule has 4 fully saturated rings. The highest BCUT2D eigenvalue weighted by atomic mass is 16.3. The lowest BCUT2D eigenvalue weighted by Crippen LogP contribution is -2.54. The van der Waals surface area contributed by atoms with Gasteiger partial charge in [0.2, 0.25) is 0 Å². The monoisotopic (exact) mass is 319 g/mol. The highest BCUT2D eigenvalue weighted by Gasteiger charge is 2.60. The Kier molecular flexibility index (Phi) is 3.45. The number of hydrogen-bond donors (Lipinski definition) is 1. The van der Waals surface area contributed by atoms with Gasteiger partial charge in [-0.25, -0.2) is 0 Å². The summed E-state index contributed by atoms with van der Waals surface area (Å²) >= 11 is 0. The molecule has 0 aromatic heterocycles. The molecule has 0 aromatic rings. The Morgan fingerprint density at radius 3 is 2.43 bits per heavy atom. The van der Waals surface area contributed by atoms with Crippen molar-refractivity contribution in [2.24, 2.45) is 40.4 Å². The lowest BCUT2D eigenvalue weighted by molar-refractivity contribution is -0.138. The lowest BCUT2D eigenvalue weighted by Gasteiger charge is -2.60. The average Bonchev–Trinajstić information content (AvgIpc) is 2.81. The molecule has 0 amide bonds. The van der Waals surface area contributed by atoms with E-state index in [9.17, 15) is 9.90 Å². The van der Waals surface area contributed by atoms with Crippen molar-refractivity contribution >= 4 is 5.78 Å². The first-order valence-electron chi connectivity index (χ1n) is 10.4. The van der Waals surface area contributed by atoms with Gasteiger partial charge in [0.15, 0.2) is 0 Å². The zero-order valence-corrected chi connectivity index (χ0v) is 15.1. The van der Waals surface area contributed by atoms with Crippen molar-refractivity contribution < 1.29 is 11.3 Å². The van der Waals surface area contributed by atoms with Crippen molar-refractivity contribution in [3.63, 3.8) is 0 Å². The molecular weight excluding hydrogens is 284 g/mol. The number of fused-ring (bicyclic) bond motifs is 5. The molecule has 0 heterocycles. The van der Waals surface area contributed by atoms with Gasteiger partial charge in [0.05, 0.1) is 6.10 Å². The molecule has 23 heavy (non-hydrogen) atoms. The topological polar surface area (TPSA) is 37.3 Å². The van der Waals surface area contributed by atoms with Crippen LogP contribution in [0.4, 0.5) is 0 Å². The SMILES string of the molecule is [2H][C@]1(C(C)=O)CC[C@H]2[C@@H]3CC[C@@H]4C[C@H](O)CC[C@]4(C)[C@H]3CC[C@@]21C. The van der Waals surface area contributed by atoms with E-state index in [1.165, 1.54) is 25.7 Å². The van der Waals surface area contributed by atoms with Crippen LogP contribution in [0.2, 0.25) is 0 Å². The normalized spacial score (nSPS) is 59.5. The van der Waals surface area contributed by atoms with E-state index >= 15 is 0 Å². The van der Waals surface area contributed by atoms with Gasteiger partial charge in [-0.15, -0.1) is 0 Å². The van der Waals surface area contributed by atoms with Crippen LogP contribution in [0.1, 0.15) is 79.9 Å². The second-order valence-corrected chi connectivity index (χ2v) is 9.61. The minimum Gasteiger partial charge on any atom is -0.393 e. The lowest BCUT2D eigenvalue weighted by atomic mass is 9.44. The maximum atomic E-state index is 12.3. The zero-order valence-electron chi connectivity index (χ0n) is 16.1. The van der Waals surface area contributed by atoms with E-state index in [1.807, 2.05) is 0 Å². The van der Waals surface area contributed by atoms with Crippen LogP contribution < -0.4 is 0 Å². The summed E-state index contributed by atoms with van der Waals surface area (Å²) in [5.41, 5.74) is 0.268. The van der Waals surface area contributed by atoms with Crippen molar-refractivity contribution in [3.05, 3.63) is 0 Å². The van der Waals surface area contributed by atoms with E-state index < -0.39 is 5.89 Å². The van der Waals surface area contributed by atoms with Crippen LogP contribution in [0, 0.1) is 40.4 Å². The first-order valence-corrected chi connectivity index (χ1v) is 9.91. The van der Waals surface area contributed by atoms with Crippen molar-refractivity contribution in [1.82, 2.24) is 0 Å². The number of aliphatic hydroxyl groups excluding tert-OH is 1. The Labute approximate surface area is 142 Å². The van der Waals surface area contributed by atoms with E-state index in [-0.39, 0.29) is 17.3 Å². The highest BCUT2D eigenvalue weighted by molar-refractivity contribution is 5.79. The molecule has 2 nitrogen and oxygen atoms in total. The predicted octanol–water partition coefficient (Wildman–Crippen LogP) is 4.60. The van der Waals surface area contributed by atoms with Crippen LogP contribution in [0.25, 0.3) is 0 Å². The summed E-state index contributed by atoms with van der Waals surface area (Å²) in [6.45, 7) is 6.40. The van der Waals surface area contributed by atoms with E-state index in [1.54, 1.807) is 6.92 Å². The van der Waals surface area contributed by atoms with Crippen LogP contribution in [0.15, 0.2) is 0 Å². The summed E-state index contributed by atoms with van der Waals surface area (Å²) in [6.07, 6.45) is 9.63. The summed E-state index contributed by atoms with van der Waals surface area (Å²) < 4.78 is 8.94. The van der Waals surface area contributed by atoms with Crippen molar-refractivity contribution in [3.8, 4) is 0 Å². The molecule has 0 radical (unpaired) electrons. The van der Waals surface area contributed by atoms with Crippen molar-refractivity contribution in [2.45, 2.75) is 84.7 Å². The largest absolute Gasteiger partial charge is 0.393 e. The number of carbonyl (C=O) groups is 1. The summed E-state index contributed by atoms with van der Waals surface area (Å²) in [5.74, 6) is 1.93. The summed E-state index contributed by atoms with van der Waals surface area (Å²) in [5, 5.41) is 10.1. The third kappa shape index (κ3) is 2.19. The smallest absolute Gasteiger partial charge is 0.133 e. The van der Waals surface area contributed by atoms with Crippen LogP contribution >= 0.6 is 0 Å². The molecule has 4 rings (SSSR count). The number of aliphatic hydroxyl groups is 1. The van der Waals surface area contributed by atoms with Crippen molar-refractivity contribution in [1.29, 1.82) is 0 Å². The fourth-order valence-corrected chi connectivity index (χ4v) is 7.63. The van der Waals surface area contributed by atoms with Gasteiger partial charge in [-0.2, -0.15) is 0 Å². The molecule has 0 bridgehead atoms. The molecule has 2 heteroatoms. The Morgan fingerprint density at radius 1 is 1.00 bits per heavy atom. The predicted molar refractivity (Wildman–Crippen MR) is 91.9 cm³/mol. The van der Waals surface area contributed by atoms with Crippen LogP contribution in [-0.2, 0) is 4.79 Å². The minimum absolute atomic E-state index is 0.0847. The van der Waals surface area contributed by atoms with Gasteiger partial charge in [-0.1, -0.05) is 13.8 Å². The molecular formula is C21H34O2. The first kappa shape index (κ1) is 14.9. The number of Topliss-reactive ketones (excluding diaryl/α,β-unsaturated/α-hetero) is 1. The molecule has 4 aliphatic rings. The van der Waals surface area contributed by atoms with Gasteiger partial charge in [0.1, 0.15) is 5.78 Å². The zero-order chi connectivity index (χ0) is 17.3. The second-order valence-electron chi connectivity index (χ2n) is 9.61. The van der Waals surface area contributed by atoms with Gasteiger partial charge >= 0.3 is 0 Å². The summed E-state index contributed by atoms with van der Waals surface area (Å²) in [4.78, 5) is 12.3. The third-order valence-electron chi connectivity index (χ3n) is 8.85. The van der Waals surface area contributed by atoms with Crippen molar-refractivity contribution in [2.75, 3.05) is 0 Å². The Hall–Kier alpha value is -0.370. The number of ketones is 1. The second kappa shape index (κ2) is 5.31. The van der Waals surface area contributed by atoms with Gasteiger partial charge in [0, 0.05) is 7.26 Å². The first-order chi connectivity index (χ1) is 11.2. The maximum Gasteiger partial charge on any atom is 0.133 e. The van der Waals surface area contributed by atoms with Gasteiger partial charge in [-0.3, -0.25) is 4.79 Å². The fraction of sp³-hybridized carbons (Fsp3) is 0.952. The molecule has 0 spiro atoms. The molecule has 1 N–H and O–H groups in total. The van der Waals surface area contributed by atoms with Gasteiger partial charge in [0.25, 0.3) is 0 Å². The number of rotatable bonds is 1. The molecule has 0 aliphatic heterocycles. The average molecular weight is 320 g/mol. The molecule has 0 aromatic carbocycles. The van der Waals surface area contributed by atoms with Gasteiger partial charge in [-0.05, 0) is 99.2 Å². The van der Waals surface area contributed by atoms with E-state index in [0.717, 1.165) is 38.0 Å². The maximum absolute atomic E-state index is 12.3. The highest BCUT2D eigenvalue weighted by Crippen LogP contribution is 2.67. The third-order valence-corrected chi connectivity index (χ3v) is 8.85. The summed E-state index contributed by atoms with van der Waals surface area (Å²) in [6, 6.07) is 0. The molecule has 8 atom stereocenters. The number of hydrogen-bond acceptors (Lipinski definition) is 2. The quantitative estimate of drug-likeness (QED) is 0.767. The van der Waals surface area contributed by atoms with Gasteiger partial charge < -0.3 is 5.11 Å². The Balaban J connectivity index is 1.65. The molecule has 0 saturated heterocycles. The Bertz CT molecular complexity index is 548. The van der Waals surface area contributed by atoms with E-state index in [0.29, 0.717) is 23.2 Å². The number of carbonyl (C=O) groups excluding carboxylic acids is 1. The minimum atomic E-state index is -0.844.